The third-order valence-electron chi connectivity index (χ3n) is 5.69. The Kier molecular flexibility index (Phi) is 3.12. The first-order valence-electron chi connectivity index (χ1n) is 9.60. The van der Waals surface area contributed by atoms with Gasteiger partial charge in [0.05, 0.1) is 23.0 Å². The van der Waals surface area contributed by atoms with Crippen molar-refractivity contribution in [1.82, 2.24) is 0 Å². The van der Waals surface area contributed by atoms with E-state index in [0.29, 0.717) is 0 Å². The maximum atomic E-state index is 2.32. The number of hydrogen-bond donors (Lipinski definition) is 0. The van der Waals surface area contributed by atoms with Gasteiger partial charge in [0.2, 0.25) is 5.52 Å². The zero-order valence-electron chi connectivity index (χ0n) is 15.4. The molecule has 4 aromatic carbocycles. The van der Waals surface area contributed by atoms with Gasteiger partial charge in [-0.1, -0.05) is 71.6 Å². The molecule has 136 valence electrons. The summed E-state index contributed by atoms with van der Waals surface area (Å²) >= 11 is 3.71. The molecule has 2 nitrogen and oxygen atoms in total. The van der Waals surface area contributed by atoms with Gasteiger partial charge in [-0.25, -0.2) is 0 Å². The number of rotatable bonds is 0. The Bertz CT molecular complexity index is 1540. The van der Waals surface area contributed by atoms with E-state index in [2.05, 4.69) is 101 Å². The summed E-state index contributed by atoms with van der Waals surface area (Å²) in [5.74, 6) is 0. The largest absolute Gasteiger partial charge is 0.304 e. The highest BCUT2D eigenvalue weighted by Crippen LogP contribution is 2.49. The third-order valence-corrected chi connectivity index (χ3v) is 7.83. The van der Waals surface area contributed by atoms with Crippen LogP contribution in [0.5, 0.6) is 0 Å². The number of hydrogen-bond acceptors (Lipinski definition) is 3. The van der Waals surface area contributed by atoms with Gasteiger partial charge in [0.1, 0.15) is 4.70 Å². The van der Waals surface area contributed by atoms with Gasteiger partial charge in [-0.15, -0.1) is 4.57 Å². The van der Waals surface area contributed by atoms with Crippen LogP contribution in [0.4, 0.5) is 5.69 Å². The minimum absolute atomic E-state index is 1.26. The molecule has 4 heteroatoms. The lowest BCUT2D eigenvalue weighted by atomic mass is 10.1. The standard InChI is InChI=1S/C25H15N2S2/c1-3-7-18-13-22-20(11-16(18)5-1)26-9-10-27-21-12-17-6-2-4-8-19(17)14-23(21)29-25(27)15-24(26)28-22/h1-15H/q+1. The van der Waals surface area contributed by atoms with Crippen LogP contribution in [0.15, 0.2) is 88.9 Å². The maximum absolute atomic E-state index is 2.32. The summed E-state index contributed by atoms with van der Waals surface area (Å²) in [6, 6.07) is 26.4. The summed E-state index contributed by atoms with van der Waals surface area (Å²) in [5, 5.41) is 7.67. The van der Waals surface area contributed by atoms with Gasteiger partial charge in [0.15, 0.2) is 6.20 Å². The Labute approximate surface area is 176 Å². The smallest absolute Gasteiger partial charge is 0.270 e. The fourth-order valence-electron chi connectivity index (χ4n) is 4.26. The highest BCUT2D eigenvalue weighted by atomic mass is 32.2. The van der Waals surface area contributed by atoms with Crippen LogP contribution in [-0.2, 0) is 0 Å². The molecule has 0 spiro atoms. The quantitative estimate of drug-likeness (QED) is 0.259. The summed E-state index contributed by atoms with van der Waals surface area (Å²) in [7, 11) is 0. The fourth-order valence-corrected chi connectivity index (χ4v) is 6.54. The van der Waals surface area contributed by atoms with Crippen LogP contribution < -0.4 is 9.47 Å². The van der Waals surface area contributed by atoms with Gasteiger partial charge in [-0.2, -0.15) is 0 Å². The van der Waals surface area contributed by atoms with Crippen molar-refractivity contribution in [1.29, 1.82) is 0 Å². The van der Waals surface area contributed by atoms with Crippen LogP contribution in [0.2, 0.25) is 0 Å². The predicted molar refractivity (Wildman–Crippen MR) is 125 cm³/mol. The monoisotopic (exact) mass is 407 g/mol. The molecule has 0 saturated heterocycles. The van der Waals surface area contributed by atoms with E-state index in [9.17, 15) is 0 Å². The average molecular weight is 408 g/mol. The van der Waals surface area contributed by atoms with Crippen molar-refractivity contribution < 1.29 is 4.57 Å². The first-order valence-corrected chi connectivity index (χ1v) is 11.2. The molecule has 0 N–H and O–H groups in total. The molecule has 0 fully saturated rings. The molecule has 1 aromatic heterocycles. The summed E-state index contributed by atoms with van der Waals surface area (Å²) in [4.78, 5) is 3.64. The minimum Gasteiger partial charge on any atom is -0.304 e. The van der Waals surface area contributed by atoms with E-state index in [4.69, 9.17) is 0 Å². The van der Waals surface area contributed by atoms with Crippen molar-refractivity contribution in [3.63, 3.8) is 0 Å². The van der Waals surface area contributed by atoms with Gasteiger partial charge in [0, 0.05) is 11.0 Å². The zero-order chi connectivity index (χ0) is 18.9. The number of nitrogens with zero attached hydrogens (tertiary/aromatic N) is 2. The second-order valence-corrected chi connectivity index (χ2v) is 9.52. The number of anilines is 1. The Morgan fingerprint density at radius 3 is 2.24 bits per heavy atom. The number of fused-ring (bicyclic) bond motifs is 8. The lowest BCUT2D eigenvalue weighted by molar-refractivity contribution is -0.535. The second kappa shape index (κ2) is 5.72. The first-order chi connectivity index (χ1) is 14.3. The topological polar surface area (TPSA) is 7.12 Å². The summed E-state index contributed by atoms with van der Waals surface area (Å²) < 4.78 is 3.64. The normalized spacial score (nSPS) is 14.8. The summed E-state index contributed by atoms with van der Waals surface area (Å²) in [6.45, 7) is 0. The Morgan fingerprint density at radius 1 is 0.759 bits per heavy atom. The van der Waals surface area contributed by atoms with Crippen molar-refractivity contribution in [2.24, 2.45) is 0 Å². The lowest BCUT2D eigenvalue weighted by Crippen LogP contribution is -2.26. The predicted octanol–water partition coefficient (Wildman–Crippen LogP) is 6.85. The van der Waals surface area contributed by atoms with Crippen molar-refractivity contribution in [2.75, 3.05) is 4.90 Å². The van der Waals surface area contributed by atoms with Gasteiger partial charge < -0.3 is 4.90 Å². The highest BCUT2D eigenvalue weighted by Gasteiger charge is 2.30. The van der Waals surface area contributed by atoms with Gasteiger partial charge in [0.25, 0.3) is 5.01 Å². The molecule has 7 rings (SSSR count). The third kappa shape index (κ3) is 2.27. The molecule has 0 aliphatic carbocycles. The number of thiazole rings is 1. The Morgan fingerprint density at radius 2 is 1.45 bits per heavy atom. The lowest BCUT2D eigenvalue weighted by Gasteiger charge is -2.12. The molecule has 5 aromatic rings. The number of benzene rings is 4. The van der Waals surface area contributed by atoms with Crippen LogP contribution in [0, 0.1) is 0 Å². The molecule has 3 heterocycles. The van der Waals surface area contributed by atoms with Crippen LogP contribution in [0.3, 0.4) is 0 Å². The Hall–Kier alpha value is -3.08. The first kappa shape index (κ1) is 15.8. The Balaban J connectivity index is 1.43. The van der Waals surface area contributed by atoms with E-state index < -0.39 is 0 Å². The van der Waals surface area contributed by atoms with Crippen molar-refractivity contribution in [3.05, 3.63) is 89.0 Å². The molecule has 0 unspecified atom stereocenters. The molecular formula is C25H15N2S2+. The van der Waals surface area contributed by atoms with Crippen LogP contribution >= 0.6 is 23.1 Å². The van der Waals surface area contributed by atoms with Crippen molar-refractivity contribution in [3.8, 4) is 0 Å². The molecule has 0 amide bonds. The number of thioether (sulfide) groups is 1. The van der Waals surface area contributed by atoms with E-state index in [1.807, 2.05) is 23.1 Å². The molecule has 2 aliphatic rings. The van der Waals surface area contributed by atoms with E-state index in [0.717, 1.165) is 0 Å². The number of aromatic nitrogens is 1. The molecule has 29 heavy (non-hydrogen) atoms. The molecule has 0 radical (unpaired) electrons. The van der Waals surface area contributed by atoms with E-state index in [1.54, 1.807) is 0 Å². The summed E-state index contributed by atoms with van der Waals surface area (Å²) in [5.41, 5.74) is 2.53. The highest BCUT2D eigenvalue weighted by molar-refractivity contribution is 8.04. The average Bonchev–Trinajstić information content (AvgIpc) is 3.19. The molecule has 0 bridgehead atoms. The molecule has 0 saturated carbocycles. The maximum Gasteiger partial charge on any atom is 0.270 e. The van der Waals surface area contributed by atoms with Gasteiger partial charge in [-0.3, -0.25) is 0 Å². The zero-order valence-corrected chi connectivity index (χ0v) is 17.0. The van der Waals surface area contributed by atoms with Crippen LogP contribution in [-0.4, -0.2) is 0 Å². The van der Waals surface area contributed by atoms with Crippen molar-refractivity contribution >= 4 is 72.8 Å². The summed E-state index contributed by atoms with van der Waals surface area (Å²) in [6.07, 6.45) is 6.74. The van der Waals surface area contributed by atoms with Crippen LogP contribution in [0.1, 0.15) is 5.01 Å². The molecule has 0 atom stereocenters. The van der Waals surface area contributed by atoms with Crippen LogP contribution in [0.25, 0.3) is 44.0 Å². The minimum atomic E-state index is 1.26. The second-order valence-electron chi connectivity index (χ2n) is 7.40. The van der Waals surface area contributed by atoms with E-state index >= 15 is 0 Å². The fraction of sp³-hybridized carbons (Fsp3) is 0. The molecule has 2 aliphatic heterocycles. The van der Waals surface area contributed by atoms with E-state index in [-0.39, 0.29) is 0 Å². The van der Waals surface area contributed by atoms with E-state index in [1.165, 1.54) is 52.4 Å². The van der Waals surface area contributed by atoms with Crippen molar-refractivity contribution in [2.45, 2.75) is 4.90 Å². The van der Waals surface area contributed by atoms with Gasteiger partial charge >= 0.3 is 0 Å². The molecular weight excluding hydrogens is 392 g/mol. The SMILES string of the molecule is C1=C[n+]2c(sc3cc4ccccc4cc32)C=C2Sc3cc4ccccc4cc3N12. The van der Waals surface area contributed by atoms with Gasteiger partial charge in [-0.05, 0) is 39.7 Å².